The molecule has 0 saturated heterocycles. The lowest BCUT2D eigenvalue weighted by atomic mass is 10.1. The quantitative estimate of drug-likeness (QED) is 0.0261. The highest BCUT2D eigenvalue weighted by molar-refractivity contribution is 5.71. The van der Waals surface area contributed by atoms with Crippen molar-refractivity contribution < 1.29 is 28.6 Å². The minimum absolute atomic E-state index is 0.0910. The van der Waals surface area contributed by atoms with Crippen LogP contribution in [0.1, 0.15) is 323 Å². The topological polar surface area (TPSA) is 78.9 Å². The SMILES string of the molecule is CC/C=C\C/C=C\C/C=C\C/C=C\C/C=C\CCCCCCCC(=O)OC(COC(=O)CCCCCCC/C=C\CCCCCCCCC)COC(=O)CCCCCCCCCCCC/C=C\C/C=C\C/C=C\CCCCCCC. The number of hydrogen-bond donors (Lipinski definition) is 0. The second-order valence-corrected chi connectivity index (χ2v) is 22.3. The van der Waals surface area contributed by atoms with Gasteiger partial charge in [0.1, 0.15) is 13.2 Å². The van der Waals surface area contributed by atoms with Crippen LogP contribution in [0, 0.1) is 0 Å². The summed E-state index contributed by atoms with van der Waals surface area (Å²) < 4.78 is 16.9. The Kier molecular flexibility index (Phi) is 64.3. The highest BCUT2D eigenvalue weighted by Gasteiger charge is 2.19. The lowest BCUT2D eigenvalue weighted by Gasteiger charge is -2.18. The van der Waals surface area contributed by atoms with Crippen LogP contribution in [0.15, 0.2) is 109 Å². The number of esters is 3. The third kappa shape index (κ3) is 64.9. The highest BCUT2D eigenvalue weighted by atomic mass is 16.6. The van der Waals surface area contributed by atoms with Crippen LogP contribution in [0.5, 0.6) is 0 Å². The first-order valence-electron chi connectivity index (χ1n) is 33.9. The van der Waals surface area contributed by atoms with Crippen LogP contribution in [-0.4, -0.2) is 37.2 Å². The molecule has 0 aliphatic heterocycles. The normalized spacial score (nSPS) is 12.8. The Balaban J connectivity index is 4.41. The summed E-state index contributed by atoms with van der Waals surface area (Å²) in [5, 5.41) is 0. The van der Waals surface area contributed by atoms with Crippen LogP contribution in [-0.2, 0) is 28.6 Å². The van der Waals surface area contributed by atoms with E-state index in [1.54, 1.807) is 0 Å². The standard InChI is InChI=1S/C74H126O6/c1-4-7-10-13-16-19-22-25-28-31-33-35-36-37-38-40-41-43-46-49-52-55-58-61-64-67-73(76)79-70-71(69-78-72(75)66-63-60-57-54-51-48-45-30-27-24-21-18-15-12-9-6-3)80-74(77)68-65-62-59-56-53-50-47-44-42-39-34-32-29-26-23-20-17-14-11-8-5-2/h8,11,17,20,22,25-26,29-31,33-34,36-37,39,44-45,47,71H,4-7,9-10,12-16,18-19,21,23-24,27-28,32,35,38,40-43,46,48-70H2,1-3H3/b11-8-,20-17-,25-22-,29-26-,33-31-,37-36-,39-34-,45-30-,47-44-. The number of allylic oxidation sites excluding steroid dienone is 18. The van der Waals surface area contributed by atoms with Crippen molar-refractivity contribution in [3.63, 3.8) is 0 Å². The summed E-state index contributed by atoms with van der Waals surface area (Å²) in [6, 6.07) is 0. The van der Waals surface area contributed by atoms with Crippen LogP contribution in [0.3, 0.4) is 0 Å². The molecule has 0 fully saturated rings. The number of unbranched alkanes of at least 4 members (excludes halogenated alkanes) is 32. The van der Waals surface area contributed by atoms with Crippen LogP contribution in [0.25, 0.3) is 0 Å². The number of carbonyl (C=O) groups excluding carboxylic acids is 3. The zero-order valence-corrected chi connectivity index (χ0v) is 52.6. The minimum atomic E-state index is -0.797. The predicted molar refractivity (Wildman–Crippen MR) is 348 cm³/mol. The third-order valence-corrected chi connectivity index (χ3v) is 14.5. The van der Waals surface area contributed by atoms with Gasteiger partial charge in [0.2, 0.25) is 0 Å². The van der Waals surface area contributed by atoms with Crippen molar-refractivity contribution in [1.82, 2.24) is 0 Å². The molecule has 1 atom stereocenters. The molecule has 0 rings (SSSR count). The lowest BCUT2D eigenvalue weighted by Crippen LogP contribution is -2.30. The van der Waals surface area contributed by atoms with E-state index in [1.165, 1.54) is 154 Å². The smallest absolute Gasteiger partial charge is 0.306 e. The fraction of sp³-hybridized carbons (Fsp3) is 0.716. The van der Waals surface area contributed by atoms with Crippen molar-refractivity contribution in [1.29, 1.82) is 0 Å². The first kappa shape index (κ1) is 76.1. The molecule has 0 aliphatic rings. The predicted octanol–water partition coefficient (Wildman–Crippen LogP) is 23.4. The van der Waals surface area contributed by atoms with Gasteiger partial charge in [0.25, 0.3) is 0 Å². The molecule has 0 spiro atoms. The van der Waals surface area contributed by atoms with Crippen molar-refractivity contribution in [2.45, 2.75) is 329 Å². The lowest BCUT2D eigenvalue weighted by molar-refractivity contribution is -0.167. The van der Waals surface area contributed by atoms with E-state index in [0.29, 0.717) is 19.3 Å². The van der Waals surface area contributed by atoms with Crippen LogP contribution in [0.4, 0.5) is 0 Å². The van der Waals surface area contributed by atoms with Gasteiger partial charge in [0.15, 0.2) is 6.10 Å². The Morgan fingerprint density at radius 2 is 0.487 bits per heavy atom. The molecule has 0 aromatic rings. The zero-order valence-electron chi connectivity index (χ0n) is 52.6. The molecule has 0 N–H and O–H groups in total. The minimum Gasteiger partial charge on any atom is -0.462 e. The van der Waals surface area contributed by atoms with Gasteiger partial charge in [-0.1, -0.05) is 284 Å². The molecule has 6 nitrogen and oxygen atoms in total. The van der Waals surface area contributed by atoms with Gasteiger partial charge in [-0.3, -0.25) is 14.4 Å². The Hall–Kier alpha value is -3.93. The van der Waals surface area contributed by atoms with E-state index in [1.807, 2.05) is 0 Å². The largest absolute Gasteiger partial charge is 0.462 e. The van der Waals surface area contributed by atoms with E-state index in [-0.39, 0.29) is 31.1 Å². The van der Waals surface area contributed by atoms with Gasteiger partial charge in [-0.2, -0.15) is 0 Å². The Morgan fingerprint density at radius 1 is 0.263 bits per heavy atom. The van der Waals surface area contributed by atoms with Crippen LogP contribution in [0.2, 0.25) is 0 Å². The summed E-state index contributed by atoms with van der Waals surface area (Å²) in [6.45, 7) is 6.51. The van der Waals surface area contributed by atoms with Crippen molar-refractivity contribution >= 4 is 17.9 Å². The molecular formula is C74H126O6. The maximum atomic E-state index is 12.9. The Morgan fingerprint density at radius 3 is 0.775 bits per heavy atom. The summed E-state index contributed by atoms with van der Waals surface area (Å²) in [5.41, 5.74) is 0. The van der Waals surface area contributed by atoms with E-state index in [2.05, 4.69) is 130 Å². The van der Waals surface area contributed by atoms with Gasteiger partial charge >= 0.3 is 17.9 Å². The van der Waals surface area contributed by atoms with E-state index in [0.717, 1.165) is 128 Å². The van der Waals surface area contributed by atoms with Crippen LogP contribution < -0.4 is 0 Å². The summed E-state index contributed by atoms with van der Waals surface area (Å²) in [6.07, 6.45) is 92.4. The summed E-state index contributed by atoms with van der Waals surface area (Å²) in [7, 11) is 0. The number of carbonyl (C=O) groups is 3. The molecule has 80 heavy (non-hydrogen) atoms. The van der Waals surface area contributed by atoms with Gasteiger partial charge in [0.05, 0.1) is 0 Å². The molecule has 0 heterocycles. The van der Waals surface area contributed by atoms with E-state index >= 15 is 0 Å². The van der Waals surface area contributed by atoms with Crippen molar-refractivity contribution in [2.75, 3.05) is 13.2 Å². The second kappa shape index (κ2) is 67.6. The van der Waals surface area contributed by atoms with E-state index in [9.17, 15) is 14.4 Å². The molecule has 0 aliphatic carbocycles. The van der Waals surface area contributed by atoms with Gasteiger partial charge in [-0.05, 0) is 128 Å². The van der Waals surface area contributed by atoms with Crippen molar-refractivity contribution in [3.05, 3.63) is 109 Å². The summed E-state index contributed by atoms with van der Waals surface area (Å²) in [4.78, 5) is 38.4. The molecule has 458 valence electrons. The first-order valence-corrected chi connectivity index (χ1v) is 33.9. The second-order valence-electron chi connectivity index (χ2n) is 22.3. The number of hydrogen-bond acceptors (Lipinski definition) is 6. The average Bonchev–Trinajstić information content (AvgIpc) is 3.46. The first-order chi connectivity index (χ1) is 39.5. The van der Waals surface area contributed by atoms with Gasteiger partial charge < -0.3 is 14.2 Å². The number of ether oxygens (including phenoxy) is 3. The molecule has 0 radical (unpaired) electrons. The fourth-order valence-electron chi connectivity index (χ4n) is 9.41. The van der Waals surface area contributed by atoms with Gasteiger partial charge in [-0.15, -0.1) is 0 Å². The molecule has 0 saturated carbocycles. The molecule has 6 heteroatoms. The molecule has 0 amide bonds. The maximum absolute atomic E-state index is 12.9. The Labute approximate surface area is 495 Å². The van der Waals surface area contributed by atoms with E-state index < -0.39 is 6.10 Å². The zero-order chi connectivity index (χ0) is 57.8. The average molecular weight is 1110 g/mol. The van der Waals surface area contributed by atoms with Gasteiger partial charge in [0, 0.05) is 19.3 Å². The monoisotopic (exact) mass is 1110 g/mol. The fourth-order valence-corrected chi connectivity index (χ4v) is 9.41. The molecule has 1 unspecified atom stereocenters. The van der Waals surface area contributed by atoms with E-state index in [4.69, 9.17) is 14.2 Å². The Bertz CT molecular complexity index is 1610. The summed E-state index contributed by atoms with van der Waals surface area (Å²) >= 11 is 0. The van der Waals surface area contributed by atoms with Gasteiger partial charge in [-0.25, -0.2) is 0 Å². The maximum Gasteiger partial charge on any atom is 0.306 e. The molecular weight excluding hydrogens is 985 g/mol. The molecule has 0 aromatic carbocycles. The van der Waals surface area contributed by atoms with Crippen molar-refractivity contribution in [2.24, 2.45) is 0 Å². The molecule has 0 bridgehead atoms. The number of rotatable bonds is 61. The third-order valence-electron chi connectivity index (χ3n) is 14.5. The molecule has 0 aromatic heterocycles. The van der Waals surface area contributed by atoms with Crippen molar-refractivity contribution in [3.8, 4) is 0 Å². The summed E-state index contributed by atoms with van der Waals surface area (Å²) in [5.74, 6) is -0.912. The van der Waals surface area contributed by atoms with Crippen LogP contribution >= 0.6 is 0 Å². The highest BCUT2D eigenvalue weighted by Crippen LogP contribution is 2.16.